The summed E-state index contributed by atoms with van der Waals surface area (Å²) in [6.07, 6.45) is 8.57. The summed E-state index contributed by atoms with van der Waals surface area (Å²) in [5.74, 6) is 3.91. The monoisotopic (exact) mass is 439 g/mol. The van der Waals surface area contributed by atoms with E-state index in [1.807, 2.05) is 18.3 Å². The molecule has 2 aromatic heterocycles. The number of hydrogen-bond acceptors (Lipinski definition) is 6. The molecule has 0 aromatic carbocycles. The predicted octanol–water partition coefficient (Wildman–Crippen LogP) is 3.83. The summed E-state index contributed by atoms with van der Waals surface area (Å²) in [5.41, 5.74) is 1.08. The van der Waals surface area contributed by atoms with E-state index < -0.39 is 0 Å². The minimum Gasteiger partial charge on any atom is -0.358 e. The van der Waals surface area contributed by atoms with Crippen LogP contribution in [-0.4, -0.2) is 46.2 Å². The molecule has 7 nitrogen and oxygen atoms in total. The van der Waals surface area contributed by atoms with Crippen LogP contribution in [0.4, 0.5) is 17.6 Å². The molecule has 2 aliphatic heterocycles. The maximum atomic E-state index is 5.52. The molecule has 4 rings (SSSR count). The average Bonchev–Trinajstić information content (AvgIpc) is 2.78. The quantitative estimate of drug-likeness (QED) is 0.682. The predicted molar refractivity (Wildman–Crippen MR) is 131 cm³/mol. The van der Waals surface area contributed by atoms with E-state index in [0.29, 0.717) is 29.4 Å². The molecule has 166 valence electrons. The Kier molecular flexibility index (Phi) is 7.17. The van der Waals surface area contributed by atoms with E-state index in [9.17, 15) is 0 Å². The lowest BCUT2D eigenvalue weighted by atomic mass is 10.00. The fraction of sp³-hybridized carbons (Fsp3) is 0.565. The van der Waals surface area contributed by atoms with Gasteiger partial charge in [0.2, 0.25) is 5.95 Å². The van der Waals surface area contributed by atoms with Gasteiger partial charge in [-0.3, -0.25) is 4.98 Å². The van der Waals surface area contributed by atoms with Crippen molar-refractivity contribution in [3.05, 3.63) is 36.2 Å². The number of rotatable bonds is 5. The third kappa shape index (κ3) is 6.03. The van der Waals surface area contributed by atoms with Gasteiger partial charge in [0.25, 0.3) is 0 Å². The molecular formula is C23H33N7S. The van der Waals surface area contributed by atoms with E-state index in [1.54, 1.807) is 6.20 Å². The minimum atomic E-state index is 0.519. The number of thiocarbonyl (C=S) groups is 1. The maximum Gasteiger partial charge on any atom is 0.232 e. The van der Waals surface area contributed by atoms with Crippen molar-refractivity contribution < 1.29 is 0 Å². The van der Waals surface area contributed by atoms with Crippen LogP contribution < -0.4 is 20.4 Å². The Morgan fingerprint density at radius 2 is 1.71 bits per heavy atom. The van der Waals surface area contributed by atoms with Crippen molar-refractivity contribution in [3.8, 4) is 0 Å². The molecule has 0 spiro atoms. The van der Waals surface area contributed by atoms with Crippen molar-refractivity contribution >= 4 is 34.9 Å². The molecule has 2 N–H and O–H groups in total. The SMILES string of the molecule is C[C@H]1CCCN(c2cc(N3CCC[C@H](C)C3)nc(NC(=S)NCc3cccnc3)n2)C1. The van der Waals surface area contributed by atoms with E-state index in [4.69, 9.17) is 22.2 Å². The molecule has 2 atom stereocenters. The number of nitrogens with zero attached hydrogens (tertiary/aromatic N) is 5. The fourth-order valence-electron chi connectivity index (χ4n) is 4.43. The topological polar surface area (TPSA) is 69.2 Å². The summed E-state index contributed by atoms with van der Waals surface area (Å²) in [6, 6.07) is 6.10. The molecule has 2 aromatic rings. The number of nitrogens with one attached hydrogen (secondary N) is 2. The second-order valence-electron chi connectivity index (χ2n) is 8.96. The maximum absolute atomic E-state index is 5.52. The normalized spacial score (nSPS) is 21.6. The summed E-state index contributed by atoms with van der Waals surface area (Å²) < 4.78 is 0. The van der Waals surface area contributed by atoms with Gasteiger partial charge in [0.05, 0.1) is 0 Å². The fourth-order valence-corrected chi connectivity index (χ4v) is 4.59. The first-order valence-corrected chi connectivity index (χ1v) is 11.8. The number of anilines is 3. The molecule has 2 saturated heterocycles. The van der Waals surface area contributed by atoms with Crippen LogP contribution in [0.2, 0.25) is 0 Å². The van der Waals surface area contributed by atoms with Crippen LogP contribution in [-0.2, 0) is 6.54 Å². The summed E-state index contributed by atoms with van der Waals surface area (Å²) in [4.78, 5) is 18.6. The zero-order chi connectivity index (χ0) is 21.6. The Bertz CT molecular complexity index is 835. The standard InChI is InChI=1S/C23H33N7S/c1-17-6-4-10-29(15-17)20-12-21(30-11-5-7-18(2)16-30)27-22(26-20)28-23(31)25-14-19-8-3-9-24-13-19/h3,8-9,12-13,17-18H,4-7,10-11,14-16H2,1-2H3,(H2,25,26,27,28,31)/t17-,18-/m0/s1. The van der Waals surface area contributed by atoms with Gasteiger partial charge in [-0.25, -0.2) is 0 Å². The largest absolute Gasteiger partial charge is 0.358 e. The van der Waals surface area contributed by atoms with Gasteiger partial charge in [0, 0.05) is 51.2 Å². The minimum absolute atomic E-state index is 0.519. The zero-order valence-electron chi connectivity index (χ0n) is 18.5. The summed E-state index contributed by atoms with van der Waals surface area (Å²) >= 11 is 5.52. The third-order valence-electron chi connectivity index (χ3n) is 6.06. The van der Waals surface area contributed by atoms with Crippen molar-refractivity contribution in [1.82, 2.24) is 20.3 Å². The van der Waals surface area contributed by atoms with Crippen molar-refractivity contribution in [2.75, 3.05) is 41.3 Å². The van der Waals surface area contributed by atoms with Crippen molar-refractivity contribution in [2.24, 2.45) is 11.8 Å². The lowest BCUT2D eigenvalue weighted by molar-refractivity contribution is 0.441. The lowest BCUT2D eigenvalue weighted by Gasteiger charge is -2.35. The van der Waals surface area contributed by atoms with Gasteiger partial charge in [-0.05, 0) is 61.4 Å². The molecule has 4 heterocycles. The van der Waals surface area contributed by atoms with Gasteiger partial charge in [-0.15, -0.1) is 0 Å². The van der Waals surface area contributed by atoms with E-state index >= 15 is 0 Å². The van der Waals surface area contributed by atoms with Crippen LogP contribution in [0, 0.1) is 11.8 Å². The first-order chi connectivity index (χ1) is 15.1. The van der Waals surface area contributed by atoms with Gasteiger partial charge >= 0.3 is 0 Å². The summed E-state index contributed by atoms with van der Waals surface area (Å²) in [5, 5.41) is 6.97. The van der Waals surface area contributed by atoms with Gasteiger partial charge < -0.3 is 20.4 Å². The lowest BCUT2D eigenvalue weighted by Crippen LogP contribution is -2.37. The molecular weight excluding hydrogens is 406 g/mol. The summed E-state index contributed by atoms with van der Waals surface area (Å²) in [6.45, 7) is 9.40. The van der Waals surface area contributed by atoms with Crippen molar-refractivity contribution in [1.29, 1.82) is 0 Å². The smallest absolute Gasteiger partial charge is 0.232 e. The van der Waals surface area contributed by atoms with Crippen molar-refractivity contribution in [2.45, 2.75) is 46.1 Å². The van der Waals surface area contributed by atoms with Crippen LogP contribution in [0.15, 0.2) is 30.6 Å². The third-order valence-corrected chi connectivity index (χ3v) is 6.31. The number of aromatic nitrogens is 3. The Morgan fingerprint density at radius 3 is 2.26 bits per heavy atom. The molecule has 0 saturated carbocycles. The van der Waals surface area contributed by atoms with Crippen LogP contribution in [0.3, 0.4) is 0 Å². The number of piperidine rings is 2. The van der Waals surface area contributed by atoms with E-state index in [1.165, 1.54) is 25.7 Å². The molecule has 2 fully saturated rings. The Hall–Kier alpha value is -2.48. The number of hydrogen-bond donors (Lipinski definition) is 2. The number of pyridine rings is 1. The van der Waals surface area contributed by atoms with Gasteiger partial charge in [0.1, 0.15) is 11.6 Å². The molecule has 0 bridgehead atoms. The van der Waals surface area contributed by atoms with Crippen LogP contribution in [0.1, 0.15) is 45.1 Å². The highest BCUT2D eigenvalue weighted by Crippen LogP contribution is 2.28. The highest BCUT2D eigenvalue weighted by atomic mass is 32.1. The molecule has 0 aliphatic carbocycles. The Morgan fingerprint density at radius 1 is 1.06 bits per heavy atom. The Balaban J connectivity index is 1.51. The van der Waals surface area contributed by atoms with Crippen molar-refractivity contribution in [3.63, 3.8) is 0 Å². The van der Waals surface area contributed by atoms with Crippen LogP contribution in [0.25, 0.3) is 0 Å². The first kappa shape index (κ1) is 21.7. The van der Waals surface area contributed by atoms with Crippen LogP contribution >= 0.6 is 12.2 Å². The summed E-state index contributed by atoms with van der Waals surface area (Å²) in [7, 11) is 0. The highest BCUT2D eigenvalue weighted by molar-refractivity contribution is 7.80. The molecule has 0 radical (unpaired) electrons. The van der Waals surface area contributed by atoms with Gasteiger partial charge in [0.15, 0.2) is 5.11 Å². The molecule has 31 heavy (non-hydrogen) atoms. The van der Waals surface area contributed by atoms with Crippen LogP contribution in [0.5, 0.6) is 0 Å². The van der Waals surface area contributed by atoms with Gasteiger partial charge in [-0.2, -0.15) is 9.97 Å². The molecule has 0 amide bonds. The average molecular weight is 440 g/mol. The van der Waals surface area contributed by atoms with Gasteiger partial charge in [-0.1, -0.05) is 19.9 Å². The Labute approximate surface area is 190 Å². The second-order valence-corrected chi connectivity index (χ2v) is 9.37. The molecule has 0 unspecified atom stereocenters. The first-order valence-electron chi connectivity index (χ1n) is 11.4. The highest BCUT2D eigenvalue weighted by Gasteiger charge is 2.23. The van der Waals surface area contributed by atoms with E-state index in [-0.39, 0.29) is 0 Å². The second kappa shape index (κ2) is 10.2. The molecule has 8 heteroatoms. The molecule has 2 aliphatic rings. The van der Waals surface area contributed by atoms with E-state index in [0.717, 1.165) is 43.4 Å². The zero-order valence-corrected chi connectivity index (χ0v) is 19.4. The van der Waals surface area contributed by atoms with E-state index in [2.05, 4.69) is 45.3 Å².